The van der Waals surface area contributed by atoms with Crippen molar-refractivity contribution < 1.29 is 4.74 Å². The molecule has 0 radical (unpaired) electrons. The van der Waals surface area contributed by atoms with E-state index >= 15 is 0 Å². The first-order valence-electron chi connectivity index (χ1n) is 10.8. The molecule has 0 bridgehead atoms. The first-order valence-corrected chi connectivity index (χ1v) is 11.1. The van der Waals surface area contributed by atoms with Crippen LogP contribution < -0.4 is 0 Å². The Morgan fingerprint density at radius 2 is 2.10 bits per heavy atom. The molecule has 5 heteroatoms. The summed E-state index contributed by atoms with van der Waals surface area (Å²) < 4.78 is 6.05. The molecule has 2 aromatic heterocycles. The maximum absolute atomic E-state index is 8.59. The second-order valence-electron chi connectivity index (χ2n) is 8.07. The number of nitrogens with zero attached hydrogens (tertiary/aromatic N) is 3. The molecule has 1 spiro atoms. The Balaban J connectivity index is 0.000000170. The Kier molecular flexibility index (Phi) is 8.03. The number of aryl methyl sites for hydroxylation is 1. The maximum Gasteiger partial charge on any atom is 0.159 e. The van der Waals surface area contributed by atoms with E-state index in [1.54, 1.807) is 6.20 Å². The van der Waals surface area contributed by atoms with Gasteiger partial charge in [-0.15, -0.1) is 0 Å². The minimum absolute atomic E-state index is 0.209. The monoisotopic (exact) mass is 411 g/mol. The van der Waals surface area contributed by atoms with Gasteiger partial charge in [0.05, 0.1) is 10.6 Å². The molecule has 1 aliphatic heterocycles. The largest absolute Gasteiger partial charge is 0.375 e. The molecule has 0 aromatic carbocycles. The molecule has 1 aliphatic carbocycles. The van der Waals surface area contributed by atoms with E-state index in [2.05, 4.69) is 29.0 Å². The molecule has 4 nitrogen and oxygen atoms in total. The fraction of sp³-hybridized carbons (Fsp3) is 0.542. The number of rotatable bonds is 4. The SMILES string of the molecule is CCCCc1cnc(C#N)c(Cl)c1.c1ccc([C@@H]2CCOC3(CCCC3)C2)nc1. The lowest BCUT2D eigenvalue weighted by Gasteiger charge is -2.38. The zero-order chi connectivity index (χ0) is 20.5. The first-order chi connectivity index (χ1) is 14.2. The van der Waals surface area contributed by atoms with Crippen LogP contribution in [0.2, 0.25) is 5.02 Å². The first kappa shape index (κ1) is 21.7. The van der Waals surface area contributed by atoms with Crippen LogP contribution in [-0.2, 0) is 11.2 Å². The highest BCUT2D eigenvalue weighted by Gasteiger charge is 2.40. The van der Waals surface area contributed by atoms with Crippen molar-refractivity contribution in [2.24, 2.45) is 0 Å². The molecule has 154 valence electrons. The molecule has 0 N–H and O–H groups in total. The fourth-order valence-corrected chi connectivity index (χ4v) is 4.57. The minimum atomic E-state index is 0.209. The number of aromatic nitrogens is 2. The summed E-state index contributed by atoms with van der Waals surface area (Å²) in [6, 6.07) is 10.0. The Morgan fingerprint density at radius 3 is 2.76 bits per heavy atom. The van der Waals surface area contributed by atoms with E-state index in [1.165, 1.54) is 37.8 Å². The quantitative estimate of drug-likeness (QED) is 0.597. The summed E-state index contributed by atoms with van der Waals surface area (Å²) in [5, 5.41) is 9.04. The molecule has 1 atom stereocenters. The topological polar surface area (TPSA) is 58.8 Å². The Hall–Kier alpha value is -1.96. The highest BCUT2D eigenvalue weighted by atomic mass is 35.5. The van der Waals surface area contributed by atoms with Crippen molar-refractivity contribution in [3.8, 4) is 6.07 Å². The van der Waals surface area contributed by atoms with Crippen molar-refractivity contribution >= 4 is 11.6 Å². The average molecular weight is 412 g/mol. The van der Waals surface area contributed by atoms with Crippen molar-refractivity contribution in [2.45, 2.75) is 76.2 Å². The summed E-state index contributed by atoms with van der Waals surface area (Å²) in [5.74, 6) is 0.619. The second kappa shape index (κ2) is 10.7. The van der Waals surface area contributed by atoms with E-state index < -0.39 is 0 Å². The van der Waals surface area contributed by atoms with Gasteiger partial charge in [0.1, 0.15) is 6.07 Å². The zero-order valence-electron chi connectivity index (χ0n) is 17.2. The molecule has 2 aromatic rings. The van der Waals surface area contributed by atoms with Crippen LogP contribution in [0, 0.1) is 11.3 Å². The number of pyridine rings is 2. The molecule has 29 heavy (non-hydrogen) atoms. The maximum atomic E-state index is 8.59. The van der Waals surface area contributed by atoms with Gasteiger partial charge >= 0.3 is 0 Å². The predicted molar refractivity (Wildman–Crippen MR) is 116 cm³/mol. The van der Waals surface area contributed by atoms with Crippen molar-refractivity contribution in [1.82, 2.24) is 9.97 Å². The number of halogens is 1. The van der Waals surface area contributed by atoms with E-state index in [4.69, 9.17) is 21.6 Å². The van der Waals surface area contributed by atoms with Gasteiger partial charge in [-0.25, -0.2) is 4.98 Å². The lowest BCUT2D eigenvalue weighted by molar-refractivity contribution is -0.0809. The summed E-state index contributed by atoms with van der Waals surface area (Å²) in [4.78, 5) is 8.46. The van der Waals surface area contributed by atoms with Crippen LogP contribution in [-0.4, -0.2) is 22.2 Å². The fourth-order valence-electron chi connectivity index (χ4n) is 4.34. The zero-order valence-corrected chi connectivity index (χ0v) is 18.0. The minimum Gasteiger partial charge on any atom is -0.375 e. The average Bonchev–Trinajstić information content (AvgIpc) is 3.21. The lowest BCUT2D eigenvalue weighted by Crippen LogP contribution is -2.36. The third kappa shape index (κ3) is 6.01. The van der Waals surface area contributed by atoms with E-state index in [9.17, 15) is 0 Å². The number of hydrogen-bond donors (Lipinski definition) is 0. The van der Waals surface area contributed by atoms with Gasteiger partial charge in [0, 0.05) is 30.6 Å². The van der Waals surface area contributed by atoms with E-state index in [0.717, 1.165) is 37.9 Å². The van der Waals surface area contributed by atoms with Crippen LogP contribution in [0.3, 0.4) is 0 Å². The molecular formula is C24H30ClN3O. The van der Waals surface area contributed by atoms with Crippen LogP contribution in [0.4, 0.5) is 0 Å². The van der Waals surface area contributed by atoms with Crippen molar-refractivity contribution in [3.05, 3.63) is 58.6 Å². The molecule has 2 aliphatic rings. The van der Waals surface area contributed by atoms with Crippen LogP contribution in [0.5, 0.6) is 0 Å². The number of unbranched alkanes of at least 4 members (excludes halogenated alkanes) is 1. The van der Waals surface area contributed by atoms with Crippen molar-refractivity contribution in [3.63, 3.8) is 0 Å². The van der Waals surface area contributed by atoms with Crippen molar-refractivity contribution in [2.75, 3.05) is 6.61 Å². The van der Waals surface area contributed by atoms with E-state index in [1.807, 2.05) is 24.4 Å². The van der Waals surface area contributed by atoms with Gasteiger partial charge in [0.15, 0.2) is 5.69 Å². The summed E-state index contributed by atoms with van der Waals surface area (Å²) in [6.07, 6.45) is 14.4. The second-order valence-corrected chi connectivity index (χ2v) is 8.48. The summed E-state index contributed by atoms with van der Waals surface area (Å²) in [7, 11) is 0. The standard InChI is InChI=1S/C14H19NO.C10H11ClN2/c1-4-9-15-13(5-1)12-6-10-16-14(11-12)7-2-3-8-14;1-2-3-4-8-5-9(11)10(6-12)13-7-8/h1,4-5,9,12H,2-3,6-8,10-11H2;5,7H,2-4H2,1H3/t12-;/m1./s1. The molecule has 1 saturated carbocycles. The molecular weight excluding hydrogens is 382 g/mol. The van der Waals surface area contributed by atoms with Crippen LogP contribution >= 0.6 is 11.6 Å². The Bertz CT molecular complexity index is 813. The highest BCUT2D eigenvalue weighted by molar-refractivity contribution is 6.31. The van der Waals surface area contributed by atoms with Crippen LogP contribution in [0.15, 0.2) is 36.7 Å². The molecule has 4 rings (SSSR count). The van der Waals surface area contributed by atoms with Gasteiger partial charge in [0.2, 0.25) is 0 Å². The van der Waals surface area contributed by atoms with Gasteiger partial charge in [0.25, 0.3) is 0 Å². The molecule has 0 amide bonds. The Labute approximate surface area is 179 Å². The third-order valence-corrected chi connectivity index (χ3v) is 6.22. The van der Waals surface area contributed by atoms with Crippen LogP contribution in [0.25, 0.3) is 0 Å². The lowest BCUT2D eigenvalue weighted by atomic mass is 9.83. The van der Waals surface area contributed by atoms with Gasteiger partial charge < -0.3 is 4.74 Å². The third-order valence-electron chi connectivity index (χ3n) is 5.94. The smallest absolute Gasteiger partial charge is 0.159 e. The molecule has 2 fully saturated rings. The summed E-state index contributed by atoms with van der Waals surface area (Å²) >= 11 is 5.82. The molecule has 3 heterocycles. The van der Waals surface area contributed by atoms with Gasteiger partial charge in [-0.05, 0) is 62.3 Å². The number of nitriles is 1. The van der Waals surface area contributed by atoms with Crippen LogP contribution in [0.1, 0.15) is 81.2 Å². The van der Waals surface area contributed by atoms with E-state index in [0.29, 0.717) is 16.6 Å². The van der Waals surface area contributed by atoms with Gasteiger partial charge in [-0.2, -0.15) is 5.26 Å². The summed E-state index contributed by atoms with van der Waals surface area (Å²) in [5.41, 5.74) is 2.88. The molecule has 0 unspecified atom stereocenters. The number of ether oxygens (including phenoxy) is 1. The Morgan fingerprint density at radius 1 is 1.28 bits per heavy atom. The predicted octanol–water partition coefficient (Wildman–Crippen LogP) is 6.24. The van der Waals surface area contributed by atoms with E-state index in [-0.39, 0.29) is 5.60 Å². The van der Waals surface area contributed by atoms with Gasteiger partial charge in [-0.1, -0.05) is 43.9 Å². The number of hydrogen-bond acceptors (Lipinski definition) is 4. The molecule has 1 saturated heterocycles. The highest BCUT2D eigenvalue weighted by Crippen LogP contribution is 2.44. The van der Waals surface area contributed by atoms with Crippen molar-refractivity contribution in [1.29, 1.82) is 5.26 Å². The normalized spacial score (nSPS) is 20.0. The summed E-state index contributed by atoms with van der Waals surface area (Å²) in [6.45, 7) is 3.06. The van der Waals surface area contributed by atoms with Gasteiger partial charge in [-0.3, -0.25) is 4.98 Å².